The van der Waals surface area contributed by atoms with Crippen molar-refractivity contribution in [3.63, 3.8) is 0 Å². The van der Waals surface area contributed by atoms with Gasteiger partial charge in [-0.3, -0.25) is 0 Å². The summed E-state index contributed by atoms with van der Waals surface area (Å²) in [4.78, 5) is 11.8. The lowest BCUT2D eigenvalue weighted by Gasteiger charge is -2.10. The molecule has 5 nitrogen and oxygen atoms in total. The minimum absolute atomic E-state index is 0.664. The standard InChI is InChI=1S/C26H48ClN5SSi/c1-34(2,27)24-33-26-29-22-25(23-30-26)20-18-16-14-12-10-8-6-4-3-5-7-9-11-13-15-17-19-21-31-32-28/h22-23H,3-21,24H2,1-2H3. The molecule has 0 aromatic carbocycles. The van der Waals surface area contributed by atoms with Crippen LogP contribution < -0.4 is 0 Å². The van der Waals surface area contributed by atoms with Crippen LogP contribution in [0.2, 0.25) is 13.1 Å². The van der Waals surface area contributed by atoms with Crippen LogP contribution in [-0.4, -0.2) is 29.3 Å². The number of hydrogen-bond acceptors (Lipinski definition) is 4. The topological polar surface area (TPSA) is 74.5 Å². The van der Waals surface area contributed by atoms with Crippen molar-refractivity contribution in [1.29, 1.82) is 0 Å². The summed E-state index contributed by atoms with van der Waals surface area (Å²) in [6, 6.07) is 0. The molecule has 0 N–H and O–H groups in total. The van der Waals surface area contributed by atoms with E-state index < -0.39 is 7.38 Å². The van der Waals surface area contributed by atoms with Gasteiger partial charge < -0.3 is 0 Å². The van der Waals surface area contributed by atoms with Gasteiger partial charge in [0.1, 0.15) is 0 Å². The van der Waals surface area contributed by atoms with Gasteiger partial charge in [-0.15, -0.1) is 0 Å². The zero-order valence-corrected chi connectivity index (χ0v) is 24.4. The third-order valence-electron chi connectivity index (χ3n) is 6.01. The van der Waals surface area contributed by atoms with Crippen molar-refractivity contribution in [2.24, 2.45) is 5.11 Å². The highest BCUT2D eigenvalue weighted by atomic mass is 35.6. The summed E-state index contributed by atoms with van der Waals surface area (Å²) in [6.07, 6.45) is 27.9. The van der Waals surface area contributed by atoms with Gasteiger partial charge >= 0.3 is 0 Å². The molecular formula is C26H48ClN5SSi. The molecule has 0 saturated heterocycles. The molecule has 0 radical (unpaired) electrons. The van der Waals surface area contributed by atoms with E-state index in [9.17, 15) is 0 Å². The molecule has 0 amide bonds. The van der Waals surface area contributed by atoms with Crippen molar-refractivity contribution in [3.8, 4) is 0 Å². The molecule has 0 saturated carbocycles. The minimum atomic E-state index is -1.57. The maximum Gasteiger partial charge on any atom is 0.187 e. The average Bonchev–Trinajstić information content (AvgIpc) is 2.82. The summed E-state index contributed by atoms with van der Waals surface area (Å²) in [5, 5.41) is 5.39. The second-order valence-electron chi connectivity index (χ2n) is 10.1. The average molecular weight is 526 g/mol. The molecule has 34 heavy (non-hydrogen) atoms. The number of nitrogens with zero attached hydrogens (tertiary/aromatic N) is 5. The van der Waals surface area contributed by atoms with E-state index in [0.29, 0.717) is 6.54 Å². The number of rotatable bonds is 23. The lowest BCUT2D eigenvalue weighted by molar-refractivity contribution is 0.526. The highest BCUT2D eigenvalue weighted by Crippen LogP contribution is 2.21. The van der Waals surface area contributed by atoms with Gasteiger partial charge in [0.15, 0.2) is 12.5 Å². The number of halogens is 1. The van der Waals surface area contributed by atoms with Crippen LogP contribution in [0.25, 0.3) is 10.4 Å². The van der Waals surface area contributed by atoms with Crippen molar-refractivity contribution < 1.29 is 0 Å². The van der Waals surface area contributed by atoms with Gasteiger partial charge in [-0.25, -0.2) is 9.97 Å². The zero-order valence-electron chi connectivity index (χ0n) is 21.8. The van der Waals surface area contributed by atoms with Crippen molar-refractivity contribution in [3.05, 3.63) is 28.4 Å². The molecule has 0 aliphatic heterocycles. The molecule has 0 spiro atoms. The Morgan fingerprint density at radius 2 is 1.18 bits per heavy atom. The molecule has 0 fully saturated rings. The van der Waals surface area contributed by atoms with Crippen molar-refractivity contribution in [1.82, 2.24) is 9.97 Å². The van der Waals surface area contributed by atoms with Crippen LogP contribution in [0.1, 0.15) is 115 Å². The Hall–Kier alpha value is -0.753. The van der Waals surface area contributed by atoms with Crippen LogP contribution in [0.4, 0.5) is 0 Å². The highest BCUT2D eigenvalue weighted by molar-refractivity contribution is 8.01. The largest absolute Gasteiger partial charge is 0.231 e. The second-order valence-corrected chi connectivity index (χ2v) is 18.4. The molecule has 1 heterocycles. The second kappa shape index (κ2) is 21.5. The van der Waals surface area contributed by atoms with E-state index in [2.05, 4.69) is 33.1 Å². The SMILES string of the molecule is C[Si](C)(Cl)CSc1ncc(CCCCCCCCCCCCCCCCCCCN=[N+]=[N-])cn1. The molecule has 0 aliphatic carbocycles. The molecule has 1 aromatic heterocycles. The Bertz CT molecular complexity index is 648. The third-order valence-corrected chi connectivity index (χ3v) is 10.8. The molecule has 194 valence electrons. The Balaban J connectivity index is 1.81. The molecule has 0 unspecified atom stereocenters. The van der Waals surface area contributed by atoms with E-state index in [1.165, 1.54) is 108 Å². The zero-order chi connectivity index (χ0) is 24.7. The third kappa shape index (κ3) is 20.6. The van der Waals surface area contributed by atoms with Crippen LogP contribution in [0.15, 0.2) is 22.7 Å². The van der Waals surface area contributed by atoms with E-state index in [1.807, 2.05) is 12.4 Å². The molecule has 1 rings (SSSR count). The van der Waals surface area contributed by atoms with Gasteiger partial charge in [-0.2, -0.15) is 11.1 Å². The Kier molecular flexibility index (Phi) is 19.8. The first-order valence-corrected chi connectivity index (χ1v) is 18.9. The quantitative estimate of drug-likeness (QED) is 0.0208. The van der Waals surface area contributed by atoms with Crippen LogP contribution in [0.3, 0.4) is 0 Å². The number of hydrogen-bond donors (Lipinski definition) is 0. The minimum Gasteiger partial charge on any atom is -0.231 e. The van der Waals surface area contributed by atoms with Gasteiger partial charge in [0, 0.05) is 29.2 Å². The van der Waals surface area contributed by atoms with Crippen molar-refractivity contribution in [2.75, 3.05) is 11.9 Å². The maximum atomic E-state index is 8.23. The number of thioether (sulfide) groups is 1. The Morgan fingerprint density at radius 1 is 0.765 bits per heavy atom. The summed E-state index contributed by atoms with van der Waals surface area (Å²) in [5.41, 5.74) is 9.49. The highest BCUT2D eigenvalue weighted by Gasteiger charge is 2.17. The van der Waals surface area contributed by atoms with E-state index in [4.69, 9.17) is 16.6 Å². The molecule has 1 aromatic rings. The Labute approximate surface area is 219 Å². The summed E-state index contributed by atoms with van der Waals surface area (Å²) in [6.45, 7) is 4.97. The normalized spacial score (nSPS) is 11.5. The molecular weight excluding hydrogens is 478 g/mol. The predicted molar refractivity (Wildman–Crippen MR) is 152 cm³/mol. The summed E-state index contributed by atoms with van der Waals surface area (Å²) in [5.74, 6) is 0. The summed E-state index contributed by atoms with van der Waals surface area (Å²) < 4.78 is 0. The molecule has 8 heteroatoms. The van der Waals surface area contributed by atoms with E-state index in [-0.39, 0.29) is 0 Å². The van der Waals surface area contributed by atoms with Gasteiger partial charge in [0.05, 0.1) is 0 Å². The van der Waals surface area contributed by atoms with Crippen LogP contribution in [0.5, 0.6) is 0 Å². The van der Waals surface area contributed by atoms with Gasteiger partial charge in [-0.05, 0) is 30.4 Å². The lowest BCUT2D eigenvalue weighted by Crippen LogP contribution is -2.20. The van der Waals surface area contributed by atoms with Crippen LogP contribution in [-0.2, 0) is 6.42 Å². The van der Waals surface area contributed by atoms with E-state index in [0.717, 1.165) is 23.4 Å². The first-order valence-electron chi connectivity index (χ1n) is 13.6. The molecule has 0 atom stereocenters. The van der Waals surface area contributed by atoms with Crippen molar-refractivity contribution in [2.45, 2.75) is 134 Å². The summed E-state index contributed by atoms with van der Waals surface area (Å²) in [7, 11) is -1.57. The van der Waals surface area contributed by atoms with Crippen LogP contribution >= 0.6 is 22.8 Å². The van der Waals surface area contributed by atoms with Gasteiger partial charge in [-0.1, -0.05) is 126 Å². The number of unbranched alkanes of at least 4 members (excludes halogenated alkanes) is 16. The first kappa shape index (κ1) is 31.3. The first-order chi connectivity index (χ1) is 16.5. The number of azide groups is 1. The van der Waals surface area contributed by atoms with Gasteiger partial charge in [0.25, 0.3) is 0 Å². The van der Waals surface area contributed by atoms with Crippen molar-refractivity contribution >= 4 is 30.2 Å². The molecule has 0 aliphatic rings. The smallest absolute Gasteiger partial charge is 0.187 e. The fourth-order valence-electron chi connectivity index (χ4n) is 3.99. The van der Waals surface area contributed by atoms with E-state index in [1.54, 1.807) is 11.8 Å². The lowest BCUT2D eigenvalue weighted by atomic mass is 10.0. The number of aryl methyl sites for hydroxylation is 1. The van der Waals surface area contributed by atoms with Gasteiger partial charge in [0.2, 0.25) is 0 Å². The predicted octanol–water partition coefficient (Wildman–Crippen LogP) is 10.0. The molecule has 0 bridgehead atoms. The Morgan fingerprint density at radius 3 is 1.59 bits per heavy atom. The monoisotopic (exact) mass is 525 g/mol. The fourth-order valence-corrected chi connectivity index (χ4v) is 6.63. The maximum absolute atomic E-state index is 8.23. The summed E-state index contributed by atoms with van der Waals surface area (Å²) >= 11 is 8.05. The number of aromatic nitrogens is 2. The van der Waals surface area contributed by atoms with Crippen LogP contribution in [0, 0.1) is 0 Å². The van der Waals surface area contributed by atoms with E-state index >= 15 is 0 Å². The fraction of sp³-hybridized carbons (Fsp3) is 0.846.